The summed E-state index contributed by atoms with van der Waals surface area (Å²) in [4.78, 5) is 16.8. The third-order valence-corrected chi connectivity index (χ3v) is 4.72. The summed E-state index contributed by atoms with van der Waals surface area (Å²) in [6, 6.07) is 0. The van der Waals surface area contributed by atoms with Gasteiger partial charge in [-0.2, -0.15) is 0 Å². The molecule has 1 aromatic rings. The largest absolute Gasteiger partial charge is 1.00 e. The molecule has 118 valence electrons. The van der Waals surface area contributed by atoms with E-state index in [1.54, 1.807) is 11.3 Å². The first kappa shape index (κ1) is 20.7. The molecule has 0 aliphatic carbocycles. The number of thiazole rings is 1. The predicted molar refractivity (Wildman–Crippen MR) is 76.6 cm³/mol. The van der Waals surface area contributed by atoms with Crippen molar-refractivity contribution in [2.24, 2.45) is 5.92 Å². The molecule has 1 unspecified atom stereocenters. The Labute approximate surface area is 177 Å². The standard InChI is InChI=1S/C14H22N2O4S.K/c17-11(8-14(19)20)12(18)9-16-4-1-10(2-5-16)7-13-15-3-6-21-13;/h3,6,10-12,17-18H,1-2,4-5,7-9H2,(H,19,20);/q;+1/p-1/t11-,12?;/m0./s1. The van der Waals surface area contributed by atoms with Gasteiger partial charge in [-0.3, -0.25) is 0 Å². The van der Waals surface area contributed by atoms with Crippen LogP contribution in [0, 0.1) is 5.92 Å². The first-order chi connectivity index (χ1) is 10.0. The molecule has 6 nitrogen and oxygen atoms in total. The number of nitrogens with zero attached hydrogens (tertiary/aromatic N) is 2. The molecule has 1 aliphatic heterocycles. The zero-order valence-electron chi connectivity index (χ0n) is 12.9. The second kappa shape index (κ2) is 10.5. The molecular weight excluding hydrogens is 331 g/mol. The number of carbonyl (C=O) groups excluding carboxylic acids is 1. The SMILES string of the molecule is O=C([O-])C[C@H](O)C(O)CN1CCC(Cc2nccs2)CC1.[K+]. The van der Waals surface area contributed by atoms with Crippen LogP contribution < -0.4 is 56.5 Å². The zero-order chi connectivity index (χ0) is 15.2. The van der Waals surface area contributed by atoms with Gasteiger partial charge in [0.1, 0.15) is 0 Å². The Kier molecular flexibility index (Phi) is 9.84. The number of likely N-dealkylation sites (tertiary alicyclic amines) is 1. The summed E-state index contributed by atoms with van der Waals surface area (Å²) < 4.78 is 0. The number of aliphatic carboxylic acids is 1. The third-order valence-electron chi connectivity index (χ3n) is 3.92. The number of aliphatic hydroxyl groups is 2. The van der Waals surface area contributed by atoms with Crippen LogP contribution in [0.2, 0.25) is 0 Å². The van der Waals surface area contributed by atoms with Crippen molar-refractivity contribution in [1.82, 2.24) is 9.88 Å². The number of carbonyl (C=O) groups is 1. The van der Waals surface area contributed by atoms with Crippen LogP contribution in [0.3, 0.4) is 0 Å². The van der Waals surface area contributed by atoms with Gasteiger partial charge in [0.25, 0.3) is 0 Å². The van der Waals surface area contributed by atoms with Crippen LogP contribution in [0.1, 0.15) is 24.3 Å². The number of β-amino-alcohol motifs (C(OH)–C–C–N with tert-alkyl or cyclic N) is 1. The van der Waals surface area contributed by atoms with Crippen molar-refractivity contribution >= 4 is 17.3 Å². The Bertz CT molecular complexity index is 438. The molecule has 0 aromatic carbocycles. The van der Waals surface area contributed by atoms with E-state index < -0.39 is 24.6 Å². The van der Waals surface area contributed by atoms with E-state index >= 15 is 0 Å². The van der Waals surface area contributed by atoms with Crippen LogP contribution in [0.4, 0.5) is 0 Å². The van der Waals surface area contributed by atoms with Gasteiger partial charge in [-0.25, -0.2) is 4.98 Å². The van der Waals surface area contributed by atoms with Gasteiger partial charge in [-0.05, 0) is 31.8 Å². The molecule has 22 heavy (non-hydrogen) atoms. The van der Waals surface area contributed by atoms with Gasteiger partial charge in [0.15, 0.2) is 0 Å². The molecule has 0 spiro atoms. The fraction of sp³-hybridized carbons (Fsp3) is 0.714. The monoisotopic (exact) mass is 352 g/mol. The minimum Gasteiger partial charge on any atom is -0.550 e. The normalized spacial score (nSPS) is 19.4. The van der Waals surface area contributed by atoms with Crippen molar-refractivity contribution in [3.63, 3.8) is 0 Å². The van der Waals surface area contributed by atoms with E-state index in [0.717, 1.165) is 37.4 Å². The van der Waals surface area contributed by atoms with Gasteiger partial charge in [-0.1, -0.05) is 0 Å². The van der Waals surface area contributed by atoms with Gasteiger partial charge in [0.05, 0.1) is 17.2 Å². The third kappa shape index (κ3) is 7.02. The summed E-state index contributed by atoms with van der Waals surface area (Å²) in [6.07, 6.45) is 2.06. The van der Waals surface area contributed by atoms with E-state index in [0.29, 0.717) is 12.5 Å². The Balaban J connectivity index is 0.00000242. The zero-order valence-corrected chi connectivity index (χ0v) is 16.8. The van der Waals surface area contributed by atoms with Gasteiger partial charge >= 0.3 is 51.4 Å². The molecule has 1 fully saturated rings. The molecule has 2 atom stereocenters. The van der Waals surface area contributed by atoms with E-state index in [-0.39, 0.29) is 51.4 Å². The average Bonchev–Trinajstić information content (AvgIpc) is 2.93. The molecule has 2 heterocycles. The average molecular weight is 352 g/mol. The second-order valence-corrected chi connectivity index (χ2v) is 6.56. The Hall–Kier alpha value is 0.616. The topological polar surface area (TPSA) is 96.7 Å². The summed E-state index contributed by atoms with van der Waals surface area (Å²) in [5.41, 5.74) is 0. The molecule has 1 saturated heterocycles. The summed E-state index contributed by atoms with van der Waals surface area (Å²) in [6.45, 7) is 2.01. The molecule has 1 aliphatic rings. The number of piperidine rings is 1. The Morgan fingerprint density at radius 1 is 1.41 bits per heavy atom. The minimum absolute atomic E-state index is 0. The number of aromatic nitrogens is 1. The molecule has 1 aromatic heterocycles. The maximum atomic E-state index is 10.4. The van der Waals surface area contributed by atoms with Crippen molar-refractivity contribution in [1.29, 1.82) is 0 Å². The molecule has 0 amide bonds. The molecule has 0 saturated carbocycles. The summed E-state index contributed by atoms with van der Waals surface area (Å²) in [5.74, 6) is -0.735. The van der Waals surface area contributed by atoms with Crippen LogP contribution in [0.15, 0.2) is 11.6 Å². The van der Waals surface area contributed by atoms with E-state index in [9.17, 15) is 20.1 Å². The van der Waals surface area contributed by atoms with Crippen molar-refractivity contribution in [2.75, 3.05) is 19.6 Å². The molecular formula is C14H21KN2O4S. The van der Waals surface area contributed by atoms with Gasteiger partial charge < -0.3 is 25.0 Å². The number of rotatable bonds is 7. The van der Waals surface area contributed by atoms with Crippen molar-refractivity contribution in [2.45, 2.75) is 37.9 Å². The summed E-state index contributed by atoms with van der Waals surface area (Å²) in [5, 5.41) is 32.9. The maximum absolute atomic E-state index is 10.4. The van der Waals surface area contributed by atoms with Crippen LogP contribution in [0.25, 0.3) is 0 Å². The van der Waals surface area contributed by atoms with E-state index in [4.69, 9.17) is 0 Å². The maximum Gasteiger partial charge on any atom is 1.00 e. The fourth-order valence-corrected chi connectivity index (χ4v) is 3.40. The minimum atomic E-state index is -1.34. The van der Waals surface area contributed by atoms with Crippen molar-refractivity contribution in [3.8, 4) is 0 Å². The van der Waals surface area contributed by atoms with Crippen LogP contribution in [-0.2, 0) is 11.2 Å². The quantitative estimate of drug-likeness (QED) is 0.490. The van der Waals surface area contributed by atoms with Crippen LogP contribution in [0.5, 0.6) is 0 Å². The number of hydrogen-bond acceptors (Lipinski definition) is 7. The predicted octanol–water partition coefficient (Wildman–Crippen LogP) is -3.74. The number of carboxylic acids is 1. The van der Waals surface area contributed by atoms with Crippen molar-refractivity contribution < 1.29 is 71.5 Å². The smallest absolute Gasteiger partial charge is 0.550 e. The van der Waals surface area contributed by atoms with Gasteiger partial charge in [0, 0.05) is 36.9 Å². The summed E-state index contributed by atoms with van der Waals surface area (Å²) in [7, 11) is 0. The number of carboxylic acid groups (broad SMARTS) is 1. The fourth-order valence-electron chi connectivity index (χ4n) is 2.67. The second-order valence-electron chi connectivity index (χ2n) is 5.58. The van der Waals surface area contributed by atoms with Gasteiger partial charge in [0.2, 0.25) is 0 Å². The van der Waals surface area contributed by atoms with E-state index in [2.05, 4.69) is 9.88 Å². The first-order valence-corrected chi connectivity index (χ1v) is 8.09. The van der Waals surface area contributed by atoms with Crippen molar-refractivity contribution in [3.05, 3.63) is 16.6 Å². The van der Waals surface area contributed by atoms with Gasteiger partial charge in [-0.15, -0.1) is 11.3 Å². The molecule has 8 heteroatoms. The molecule has 2 N–H and O–H groups in total. The molecule has 0 bridgehead atoms. The first-order valence-electron chi connectivity index (χ1n) is 7.21. The van der Waals surface area contributed by atoms with E-state index in [1.807, 2.05) is 11.6 Å². The Morgan fingerprint density at radius 3 is 2.64 bits per heavy atom. The number of hydrogen-bond donors (Lipinski definition) is 2. The molecule has 0 radical (unpaired) electrons. The Morgan fingerprint density at radius 2 is 2.09 bits per heavy atom. The van der Waals surface area contributed by atoms with E-state index in [1.165, 1.54) is 0 Å². The number of aliphatic hydroxyl groups excluding tert-OH is 2. The summed E-state index contributed by atoms with van der Waals surface area (Å²) >= 11 is 1.68. The van der Waals surface area contributed by atoms with Crippen LogP contribution in [-0.4, -0.2) is 57.9 Å². The molecule has 2 rings (SSSR count). The van der Waals surface area contributed by atoms with Crippen LogP contribution >= 0.6 is 11.3 Å².